The zero-order valence-corrected chi connectivity index (χ0v) is 8.88. The molecule has 0 amide bonds. The fraction of sp³-hybridized carbons (Fsp3) is 0.333. The highest BCUT2D eigenvalue weighted by molar-refractivity contribution is 7.86. The van der Waals surface area contributed by atoms with Crippen molar-refractivity contribution in [3.8, 4) is 0 Å². The average Bonchev–Trinajstić information content (AvgIpc) is 2.12. The van der Waals surface area contributed by atoms with E-state index in [9.17, 15) is 13.0 Å². The van der Waals surface area contributed by atoms with Gasteiger partial charge in [0.2, 0.25) is 0 Å². The van der Waals surface area contributed by atoms with Crippen LogP contribution in [0.15, 0.2) is 28.0 Å². The lowest BCUT2D eigenvalue weighted by Crippen LogP contribution is -2.25. The van der Waals surface area contributed by atoms with E-state index in [0.29, 0.717) is 4.90 Å². The molecule has 1 aliphatic heterocycles. The second kappa shape index (κ2) is 3.31. The van der Waals surface area contributed by atoms with Crippen LogP contribution in [0.4, 0.5) is 8.78 Å². The minimum atomic E-state index is -2.86. The first kappa shape index (κ1) is 10.1. The largest absolute Gasteiger partial charge is 0.275 e. The molecule has 0 fully saturated rings. The second-order valence-electron chi connectivity index (χ2n) is 3.16. The predicted molar refractivity (Wildman–Crippen MR) is 53.5 cm³/mol. The monoisotopic (exact) mass is 234 g/mol. The molecule has 0 N–H and O–H groups in total. The van der Waals surface area contributed by atoms with Crippen molar-refractivity contribution in [2.45, 2.75) is 22.1 Å². The van der Waals surface area contributed by atoms with Gasteiger partial charge in [0.05, 0.1) is 15.7 Å². The summed E-state index contributed by atoms with van der Waals surface area (Å²) in [7, 11) is -1.33. The van der Waals surface area contributed by atoms with Crippen LogP contribution < -0.4 is 0 Å². The summed E-state index contributed by atoms with van der Waals surface area (Å²) in [5.41, 5.74) is -0.130. The number of thiol groups is 1. The maximum absolute atomic E-state index is 13.4. The van der Waals surface area contributed by atoms with Gasteiger partial charge in [-0.1, -0.05) is 12.1 Å². The summed E-state index contributed by atoms with van der Waals surface area (Å²) in [5.74, 6) is -2.85. The molecule has 0 radical (unpaired) electrons. The smallest absolute Gasteiger partial charge is 0.254 e. The summed E-state index contributed by atoms with van der Waals surface area (Å²) in [6, 6.07) is 4.42. The Bertz CT molecular complexity index is 404. The molecule has 0 aromatic heterocycles. The molecule has 1 aliphatic rings. The number of benzene rings is 1. The van der Waals surface area contributed by atoms with Gasteiger partial charge in [-0.3, -0.25) is 4.21 Å². The van der Waals surface area contributed by atoms with Crippen molar-refractivity contribution in [3.63, 3.8) is 0 Å². The van der Waals surface area contributed by atoms with Gasteiger partial charge in [-0.2, -0.15) is 0 Å². The van der Waals surface area contributed by atoms with Crippen LogP contribution >= 0.6 is 12.6 Å². The van der Waals surface area contributed by atoms with Crippen LogP contribution in [0.25, 0.3) is 0 Å². The van der Waals surface area contributed by atoms with Crippen LogP contribution in [-0.2, 0) is 16.7 Å². The minimum Gasteiger partial charge on any atom is -0.254 e. The summed E-state index contributed by atoms with van der Waals surface area (Å²) >= 11 is 4.05. The molecule has 0 saturated carbocycles. The Kier molecular flexibility index (Phi) is 2.39. The normalized spacial score (nSPS) is 24.4. The van der Waals surface area contributed by atoms with E-state index in [1.54, 1.807) is 6.07 Å². The second-order valence-corrected chi connectivity index (χ2v) is 5.15. The van der Waals surface area contributed by atoms with E-state index in [1.807, 2.05) is 0 Å². The van der Waals surface area contributed by atoms with Crippen molar-refractivity contribution >= 4 is 23.4 Å². The molecule has 1 heterocycles. The fourth-order valence-corrected chi connectivity index (χ4v) is 3.43. The van der Waals surface area contributed by atoms with Crippen molar-refractivity contribution in [3.05, 3.63) is 23.8 Å². The quantitative estimate of drug-likeness (QED) is 0.683. The molecule has 76 valence electrons. The number of alkyl halides is 2. The van der Waals surface area contributed by atoms with E-state index in [1.165, 1.54) is 12.1 Å². The van der Waals surface area contributed by atoms with Crippen LogP contribution in [0, 0.1) is 0 Å². The van der Waals surface area contributed by atoms with Crippen molar-refractivity contribution in [2.24, 2.45) is 0 Å². The Labute approximate surface area is 88.4 Å². The van der Waals surface area contributed by atoms with E-state index in [2.05, 4.69) is 12.6 Å². The highest BCUT2D eigenvalue weighted by Gasteiger charge is 2.40. The van der Waals surface area contributed by atoms with E-state index >= 15 is 0 Å². The van der Waals surface area contributed by atoms with Crippen LogP contribution in [0.1, 0.15) is 12.0 Å². The number of hydrogen-bond acceptors (Lipinski definition) is 2. The Morgan fingerprint density at radius 3 is 2.79 bits per heavy atom. The van der Waals surface area contributed by atoms with Crippen molar-refractivity contribution in [1.82, 2.24) is 0 Å². The van der Waals surface area contributed by atoms with Crippen LogP contribution in [0.2, 0.25) is 0 Å². The molecule has 1 aromatic rings. The molecule has 14 heavy (non-hydrogen) atoms. The number of fused-ring (bicyclic) bond motifs is 1. The summed E-state index contributed by atoms with van der Waals surface area (Å²) in [6.45, 7) is 0. The standard InChI is InChI=1S/C9H8F2OS2/c10-9(11)4-5-14(12)8-6(9)2-1-3-7(8)13/h1-3,13H,4-5H2. The summed E-state index contributed by atoms with van der Waals surface area (Å²) < 4.78 is 38.3. The first-order valence-corrected chi connectivity index (χ1v) is 5.87. The molecule has 0 spiro atoms. The third kappa shape index (κ3) is 1.48. The topological polar surface area (TPSA) is 17.1 Å². The lowest BCUT2D eigenvalue weighted by molar-refractivity contribution is -0.0126. The van der Waals surface area contributed by atoms with Crippen LogP contribution in [0.3, 0.4) is 0 Å². The summed E-state index contributed by atoms with van der Waals surface area (Å²) in [4.78, 5) is 0.590. The molecule has 1 atom stereocenters. The highest BCUT2D eigenvalue weighted by Crippen LogP contribution is 2.41. The number of rotatable bonds is 0. The average molecular weight is 234 g/mol. The summed E-state index contributed by atoms with van der Waals surface area (Å²) in [6.07, 6.45) is -0.343. The number of halogens is 2. The SMILES string of the molecule is O=S1CCC(F)(F)c2cccc(S)c21. The van der Waals surface area contributed by atoms with Gasteiger partial charge in [-0.05, 0) is 6.07 Å². The van der Waals surface area contributed by atoms with E-state index in [4.69, 9.17) is 0 Å². The lowest BCUT2D eigenvalue weighted by atomic mass is 10.1. The molecule has 1 nitrogen and oxygen atoms in total. The van der Waals surface area contributed by atoms with Crippen LogP contribution in [-0.4, -0.2) is 9.96 Å². The van der Waals surface area contributed by atoms with Gasteiger partial charge >= 0.3 is 0 Å². The third-order valence-corrected chi connectivity index (χ3v) is 4.21. The summed E-state index contributed by atoms with van der Waals surface area (Å²) in [5, 5.41) is 0. The molecular formula is C9H8F2OS2. The molecule has 0 saturated heterocycles. The van der Waals surface area contributed by atoms with Gasteiger partial charge in [-0.25, -0.2) is 8.78 Å². The van der Waals surface area contributed by atoms with Gasteiger partial charge in [0.15, 0.2) is 0 Å². The van der Waals surface area contributed by atoms with Crippen molar-refractivity contribution in [2.75, 3.05) is 5.75 Å². The lowest BCUT2D eigenvalue weighted by Gasteiger charge is -2.25. The maximum atomic E-state index is 13.4. The fourth-order valence-electron chi connectivity index (χ4n) is 1.51. The van der Waals surface area contributed by atoms with Crippen LogP contribution in [0.5, 0.6) is 0 Å². The zero-order chi connectivity index (χ0) is 10.3. The zero-order valence-electron chi connectivity index (χ0n) is 7.17. The van der Waals surface area contributed by atoms with Gasteiger partial charge in [0.1, 0.15) is 0 Å². The minimum absolute atomic E-state index is 0.0115. The molecule has 0 bridgehead atoms. The Morgan fingerprint density at radius 1 is 1.43 bits per heavy atom. The van der Waals surface area contributed by atoms with E-state index in [-0.39, 0.29) is 22.6 Å². The van der Waals surface area contributed by atoms with Crippen molar-refractivity contribution in [1.29, 1.82) is 0 Å². The maximum Gasteiger partial charge on any atom is 0.275 e. The number of hydrogen-bond donors (Lipinski definition) is 1. The van der Waals surface area contributed by atoms with Gasteiger partial charge in [-0.15, -0.1) is 12.6 Å². The van der Waals surface area contributed by atoms with Gasteiger partial charge < -0.3 is 0 Å². The first-order valence-electron chi connectivity index (χ1n) is 4.11. The Balaban J connectivity index is 2.69. The van der Waals surface area contributed by atoms with E-state index < -0.39 is 16.7 Å². The van der Waals surface area contributed by atoms with Gasteiger partial charge in [0.25, 0.3) is 5.92 Å². The third-order valence-electron chi connectivity index (χ3n) is 2.22. The first-order chi connectivity index (χ1) is 6.52. The Morgan fingerprint density at radius 2 is 2.14 bits per heavy atom. The molecular weight excluding hydrogens is 226 g/mol. The molecule has 0 aliphatic carbocycles. The van der Waals surface area contributed by atoms with Gasteiger partial charge in [0, 0.05) is 22.6 Å². The predicted octanol–water partition coefficient (Wildman–Crippen LogP) is 2.58. The van der Waals surface area contributed by atoms with E-state index in [0.717, 1.165) is 0 Å². The highest BCUT2D eigenvalue weighted by atomic mass is 32.2. The Hall–Kier alpha value is -0.420. The molecule has 1 aromatic carbocycles. The van der Waals surface area contributed by atoms with Crippen molar-refractivity contribution < 1.29 is 13.0 Å². The molecule has 5 heteroatoms. The molecule has 2 rings (SSSR count). The molecule has 1 unspecified atom stereocenters.